The molecule has 2 aliphatic carbocycles. The lowest BCUT2D eigenvalue weighted by atomic mass is 9.90. The minimum atomic E-state index is 0.0419. The van der Waals surface area contributed by atoms with Gasteiger partial charge in [-0.05, 0) is 70.6 Å². The zero-order chi connectivity index (χ0) is 17.4. The third-order valence-corrected chi connectivity index (χ3v) is 5.56. The van der Waals surface area contributed by atoms with Gasteiger partial charge in [0.05, 0.1) is 17.8 Å². The summed E-state index contributed by atoms with van der Waals surface area (Å²) in [4.78, 5) is 12.2. The van der Waals surface area contributed by atoms with Crippen molar-refractivity contribution in [2.24, 2.45) is 0 Å². The monoisotopic (exact) mass is 341 g/mol. The maximum absolute atomic E-state index is 12.2. The molecule has 0 aliphatic heterocycles. The molecule has 2 aromatic rings. The van der Waals surface area contributed by atoms with E-state index in [0.717, 1.165) is 42.9 Å². The minimum absolute atomic E-state index is 0.0419. The molecule has 2 fully saturated rings. The molecule has 5 nitrogen and oxygen atoms in total. The minimum Gasteiger partial charge on any atom is -0.465 e. The van der Waals surface area contributed by atoms with Gasteiger partial charge < -0.3 is 9.73 Å². The summed E-state index contributed by atoms with van der Waals surface area (Å²) in [6.07, 6.45) is 6.57. The van der Waals surface area contributed by atoms with Gasteiger partial charge in [0.1, 0.15) is 11.5 Å². The molecule has 5 heteroatoms. The second kappa shape index (κ2) is 6.79. The number of aryl methyl sites for hydroxylation is 1. The molecular formula is C20H27N3O2. The summed E-state index contributed by atoms with van der Waals surface area (Å²) < 4.78 is 7.47. The highest BCUT2D eigenvalue weighted by Crippen LogP contribution is 2.38. The number of nitrogens with zero attached hydrogens (tertiary/aromatic N) is 2. The van der Waals surface area contributed by atoms with Crippen LogP contribution in [-0.4, -0.2) is 15.8 Å². The summed E-state index contributed by atoms with van der Waals surface area (Å²) in [6, 6.07) is 8.60. The fraction of sp³-hybridized carbons (Fsp3) is 0.600. The van der Waals surface area contributed by atoms with E-state index < -0.39 is 0 Å². The Morgan fingerprint density at radius 1 is 1.12 bits per heavy atom. The van der Waals surface area contributed by atoms with Gasteiger partial charge in [-0.2, -0.15) is 5.10 Å². The Morgan fingerprint density at radius 2 is 1.88 bits per heavy atom. The van der Waals surface area contributed by atoms with Crippen molar-refractivity contribution in [3.8, 4) is 0 Å². The first-order valence-electron chi connectivity index (χ1n) is 9.52. The molecule has 0 aromatic carbocycles. The van der Waals surface area contributed by atoms with Crippen LogP contribution in [0.2, 0.25) is 0 Å². The fourth-order valence-electron chi connectivity index (χ4n) is 3.91. The lowest BCUT2D eigenvalue weighted by Crippen LogP contribution is -2.37. The molecule has 0 bridgehead atoms. The maximum Gasteiger partial charge on any atom is 0.267 e. The first kappa shape index (κ1) is 16.6. The van der Waals surface area contributed by atoms with Crippen molar-refractivity contribution in [3.63, 3.8) is 0 Å². The molecule has 1 atom stereocenters. The summed E-state index contributed by atoms with van der Waals surface area (Å²) in [6.45, 7) is 4.12. The van der Waals surface area contributed by atoms with E-state index in [1.807, 2.05) is 25.1 Å². The van der Waals surface area contributed by atoms with Crippen LogP contribution in [0.3, 0.4) is 0 Å². The Kier molecular flexibility index (Phi) is 4.50. The van der Waals surface area contributed by atoms with Crippen molar-refractivity contribution >= 4 is 0 Å². The van der Waals surface area contributed by atoms with Crippen LogP contribution in [0.15, 0.2) is 33.5 Å². The van der Waals surface area contributed by atoms with Crippen molar-refractivity contribution in [3.05, 3.63) is 51.8 Å². The van der Waals surface area contributed by atoms with Crippen molar-refractivity contribution in [2.45, 2.75) is 76.4 Å². The maximum atomic E-state index is 12.2. The van der Waals surface area contributed by atoms with E-state index in [1.54, 1.807) is 10.7 Å². The number of rotatable bonds is 5. The number of hydrogen-bond donors (Lipinski definition) is 1. The van der Waals surface area contributed by atoms with Gasteiger partial charge in [0.25, 0.3) is 5.56 Å². The molecule has 0 saturated heterocycles. The molecule has 2 saturated carbocycles. The van der Waals surface area contributed by atoms with Gasteiger partial charge in [-0.15, -0.1) is 0 Å². The zero-order valence-corrected chi connectivity index (χ0v) is 15.1. The van der Waals surface area contributed by atoms with Crippen molar-refractivity contribution < 1.29 is 4.42 Å². The second-order valence-electron chi connectivity index (χ2n) is 7.66. The van der Waals surface area contributed by atoms with Gasteiger partial charge in [-0.1, -0.05) is 0 Å². The van der Waals surface area contributed by atoms with Crippen LogP contribution in [-0.2, 0) is 0 Å². The van der Waals surface area contributed by atoms with Gasteiger partial charge in [0.2, 0.25) is 0 Å². The first-order chi connectivity index (χ1) is 12.1. The Hall–Kier alpha value is -1.88. The average molecular weight is 341 g/mol. The van der Waals surface area contributed by atoms with Gasteiger partial charge in [0.15, 0.2) is 0 Å². The van der Waals surface area contributed by atoms with Crippen LogP contribution >= 0.6 is 0 Å². The van der Waals surface area contributed by atoms with Gasteiger partial charge in [-0.3, -0.25) is 4.79 Å². The topological polar surface area (TPSA) is 60.1 Å². The van der Waals surface area contributed by atoms with Crippen molar-refractivity contribution in [1.29, 1.82) is 0 Å². The van der Waals surface area contributed by atoms with Crippen LogP contribution in [0.1, 0.15) is 80.7 Å². The lowest BCUT2D eigenvalue weighted by molar-refractivity contribution is 0.251. The summed E-state index contributed by atoms with van der Waals surface area (Å²) in [7, 11) is 0. The van der Waals surface area contributed by atoms with E-state index >= 15 is 0 Å². The summed E-state index contributed by atoms with van der Waals surface area (Å²) in [5, 5.41) is 8.34. The molecule has 2 heterocycles. The predicted molar refractivity (Wildman–Crippen MR) is 96.8 cm³/mol. The number of hydrogen-bond acceptors (Lipinski definition) is 4. The normalized spacial score (nSPS) is 25.0. The molecule has 2 aromatic heterocycles. The quantitative estimate of drug-likeness (QED) is 0.897. The van der Waals surface area contributed by atoms with Crippen LogP contribution in [0.25, 0.3) is 0 Å². The van der Waals surface area contributed by atoms with E-state index in [1.165, 1.54) is 12.8 Å². The van der Waals surface area contributed by atoms with Crippen molar-refractivity contribution in [2.75, 3.05) is 0 Å². The van der Waals surface area contributed by atoms with Gasteiger partial charge >= 0.3 is 0 Å². The largest absolute Gasteiger partial charge is 0.465 e. The molecule has 134 valence electrons. The average Bonchev–Trinajstić information content (AvgIpc) is 3.37. The fourth-order valence-corrected chi connectivity index (χ4v) is 3.91. The van der Waals surface area contributed by atoms with Crippen molar-refractivity contribution in [1.82, 2.24) is 15.1 Å². The van der Waals surface area contributed by atoms with Crippen LogP contribution in [0, 0.1) is 6.92 Å². The Bertz CT molecular complexity index is 782. The molecule has 1 N–H and O–H groups in total. The predicted octanol–water partition coefficient (Wildman–Crippen LogP) is 3.86. The van der Waals surface area contributed by atoms with Gasteiger partial charge in [0, 0.05) is 18.0 Å². The molecule has 4 rings (SSSR count). The van der Waals surface area contributed by atoms with E-state index in [9.17, 15) is 4.79 Å². The van der Waals surface area contributed by atoms with Crippen LogP contribution in [0.4, 0.5) is 0 Å². The van der Waals surface area contributed by atoms with E-state index in [0.29, 0.717) is 12.0 Å². The summed E-state index contributed by atoms with van der Waals surface area (Å²) >= 11 is 0. The lowest BCUT2D eigenvalue weighted by Gasteiger charge is -2.31. The second-order valence-corrected chi connectivity index (χ2v) is 7.66. The Balaban J connectivity index is 1.37. The molecule has 25 heavy (non-hydrogen) atoms. The van der Waals surface area contributed by atoms with E-state index in [2.05, 4.69) is 17.3 Å². The molecule has 0 radical (unpaired) electrons. The van der Waals surface area contributed by atoms with E-state index in [4.69, 9.17) is 4.42 Å². The number of aromatic nitrogens is 2. The molecule has 1 unspecified atom stereocenters. The highest BCUT2D eigenvalue weighted by atomic mass is 16.3. The highest BCUT2D eigenvalue weighted by molar-refractivity contribution is 5.13. The third kappa shape index (κ3) is 3.71. The van der Waals surface area contributed by atoms with E-state index in [-0.39, 0.29) is 17.6 Å². The SMILES string of the molecule is Cc1ccc(C(C)NC2CCC(n3nc(C4CC4)ccc3=O)CC2)o1. The van der Waals surface area contributed by atoms with Crippen LogP contribution < -0.4 is 10.9 Å². The smallest absolute Gasteiger partial charge is 0.267 e. The Labute approximate surface area is 148 Å². The highest BCUT2D eigenvalue weighted by Gasteiger charge is 2.28. The number of nitrogens with one attached hydrogen (secondary N) is 1. The standard InChI is InChI=1S/C20H27N3O2/c1-13-3-11-19(25-13)14(2)21-16-6-8-17(9-7-16)23-20(24)12-10-18(22-23)15-4-5-15/h3,10-12,14-17,21H,4-9H2,1-2H3. The molecule has 0 amide bonds. The molecule has 0 spiro atoms. The third-order valence-electron chi connectivity index (χ3n) is 5.56. The van der Waals surface area contributed by atoms with Gasteiger partial charge in [-0.25, -0.2) is 4.68 Å². The number of furan rings is 1. The summed E-state index contributed by atoms with van der Waals surface area (Å²) in [5.74, 6) is 2.53. The first-order valence-corrected chi connectivity index (χ1v) is 9.52. The zero-order valence-electron chi connectivity index (χ0n) is 15.1. The molecule has 2 aliphatic rings. The molecular weight excluding hydrogens is 314 g/mol. The summed E-state index contributed by atoms with van der Waals surface area (Å²) in [5.41, 5.74) is 1.14. The Morgan fingerprint density at radius 3 is 2.52 bits per heavy atom. The van der Waals surface area contributed by atoms with Crippen LogP contribution in [0.5, 0.6) is 0 Å².